The van der Waals surface area contributed by atoms with Gasteiger partial charge in [-0.3, -0.25) is 0 Å². The predicted octanol–water partition coefficient (Wildman–Crippen LogP) is 5.32. The van der Waals surface area contributed by atoms with Crippen LogP contribution in [0.25, 0.3) is 11.4 Å². The highest BCUT2D eigenvalue weighted by Crippen LogP contribution is 2.32. The van der Waals surface area contributed by atoms with E-state index in [4.69, 9.17) is 16.1 Å². The van der Waals surface area contributed by atoms with Gasteiger partial charge in [0.2, 0.25) is 11.7 Å². The Balaban J connectivity index is 1.49. The summed E-state index contributed by atoms with van der Waals surface area (Å²) in [5.41, 5.74) is 2.79. The molecule has 6 nitrogen and oxygen atoms in total. The lowest BCUT2D eigenvalue weighted by Crippen LogP contribution is -2.34. The van der Waals surface area contributed by atoms with Gasteiger partial charge in [-0.2, -0.15) is 4.98 Å². The van der Waals surface area contributed by atoms with Crippen molar-refractivity contribution < 1.29 is 9.32 Å². The number of amides is 2. The maximum absolute atomic E-state index is 12.8. The molecule has 4 rings (SSSR count). The Hall–Kier alpha value is -2.86. The first-order chi connectivity index (χ1) is 13.6. The summed E-state index contributed by atoms with van der Waals surface area (Å²) in [5.74, 6) is 0.920. The molecule has 2 aromatic carbocycles. The quantitative estimate of drug-likeness (QED) is 0.647. The summed E-state index contributed by atoms with van der Waals surface area (Å²) in [5, 5.41) is 7.64. The van der Waals surface area contributed by atoms with Crippen LogP contribution in [-0.2, 0) is 6.42 Å². The maximum atomic E-state index is 12.8. The van der Waals surface area contributed by atoms with Gasteiger partial charge in [-0.05, 0) is 49.1 Å². The first-order valence-corrected chi connectivity index (χ1v) is 9.78. The Kier molecular flexibility index (Phi) is 5.30. The fraction of sp³-hybridized carbons (Fsp3) is 0.286. The van der Waals surface area contributed by atoms with Gasteiger partial charge in [0.05, 0.1) is 0 Å². The third kappa shape index (κ3) is 3.87. The summed E-state index contributed by atoms with van der Waals surface area (Å²) in [7, 11) is 0. The van der Waals surface area contributed by atoms with Crippen LogP contribution < -0.4 is 5.32 Å². The summed E-state index contributed by atoms with van der Waals surface area (Å²) in [6, 6.07) is 14.8. The molecule has 2 heterocycles. The minimum atomic E-state index is -0.227. The van der Waals surface area contributed by atoms with E-state index < -0.39 is 0 Å². The number of anilines is 1. The van der Waals surface area contributed by atoms with Crippen LogP contribution >= 0.6 is 11.6 Å². The monoisotopic (exact) mass is 396 g/mol. The second kappa shape index (κ2) is 8.02. The fourth-order valence-electron chi connectivity index (χ4n) is 3.40. The van der Waals surface area contributed by atoms with Gasteiger partial charge >= 0.3 is 6.03 Å². The van der Waals surface area contributed by atoms with Gasteiger partial charge in [0, 0.05) is 22.8 Å². The van der Waals surface area contributed by atoms with E-state index in [2.05, 4.69) is 22.4 Å². The highest BCUT2D eigenvalue weighted by atomic mass is 35.5. The Morgan fingerprint density at radius 1 is 1.29 bits per heavy atom. The Morgan fingerprint density at radius 2 is 2.11 bits per heavy atom. The van der Waals surface area contributed by atoms with E-state index in [0.717, 1.165) is 30.5 Å². The lowest BCUT2D eigenvalue weighted by molar-refractivity contribution is 0.193. The number of aryl methyl sites for hydroxylation is 1. The number of aromatic nitrogens is 2. The average molecular weight is 397 g/mol. The number of carbonyl (C=O) groups excluding carboxylic acids is 1. The van der Waals surface area contributed by atoms with Crippen LogP contribution in [0, 0.1) is 0 Å². The minimum absolute atomic E-state index is 0.158. The van der Waals surface area contributed by atoms with E-state index in [0.29, 0.717) is 23.3 Å². The van der Waals surface area contributed by atoms with Crippen molar-refractivity contribution in [1.82, 2.24) is 15.0 Å². The standard InChI is InChI=1S/C21H21ClN4O2/c1-2-14-8-10-17(11-9-14)23-21(27)26-12-4-7-18(26)20-24-19(25-28-20)15-5-3-6-16(22)13-15/h3,5-6,8-11,13,18H,2,4,7,12H2,1H3,(H,23,27)/t18-/m1/s1. The van der Waals surface area contributed by atoms with Gasteiger partial charge in [-0.1, -0.05) is 47.9 Å². The largest absolute Gasteiger partial charge is 0.337 e. The topological polar surface area (TPSA) is 71.3 Å². The van der Waals surface area contributed by atoms with Crippen molar-refractivity contribution in [1.29, 1.82) is 0 Å². The van der Waals surface area contributed by atoms with Crippen LogP contribution in [0.15, 0.2) is 53.1 Å². The van der Waals surface area contributed by atoms with Crippen LogP contribution in [0.5, 0.6) is 0 Å². The highest BCUT2D eigenvalue weighted by Gasteiger charge is 2.34. The second-order valence-corrected chi connectivity index (χ2v) is 7.24. The molecule has 144 valence electrons. The molecule has 0 radical (unpaired) electrons. The molecule has 3 aromatic rings. The molecule has 0 spiro atoms. The van der Waals surface area contributed by atoms with E-state index in [9.17, 15) is 4.79 Å². The molecule has 0 unspecified atom stereocenters. The summed E-state index contributed by atoms with van der Waals surface area (Å²) >= 11 is 6.04. The van der Waals surface area contributed by atoms with Crippen LogP contribution in [0.4, 0.5) is 10.5 Å². The number of nitrogens with zero attached hydrogens (tertiary/aromatic N) is 3. The van der Waals surface area contributed by atoms with E-state index in [1.54, 1.807) is 17.0 Å². The molecule has 1 fully saturated rings. The molecular weight excluding hydrogens is 376 g/mol. The number of nitrogens with one attached hydrogen (secondary N) is 1. The average Bonchev–Trinajstić information content (AvgIpc) is 3.38. The Labute approximate surface area is 168 Å². The van der Waals surface area contributed by atoms with Crippen molar-refractivity contribution in [3.05, 3.63) is 65.0 Å². The molecule has 7 heteroatoms. The lowest BCUT2D eigenvalue weighted by atomic mass is 10.1. The van der Waals surface area contributed by atoms with Crippen molar-refractivity contribution in [3.8, 4) is 11.4 Å². The van der Waals surface area contributed by atoms with E-state index >= 15 is 0 Å². The van der Waals surface area contributed by atoms with Crippen LogP contribution in [0.2, 0.25) is 5.02 Å². The fourth-order valence-corrected chi connectivity index (χ4v) is 3.59. The number of benzene rings is 2. The van der Waals surface area contributed by atoms with Crippen molar-refractivity contribution in [2.24, 2.45) is 0 Å². The van der Waals surface area contributed by atoms with E-state index in [1.807, 2.05) is 36.4 Å². The van der Waals surface area contributed by atoms with Crippen molar-refractivity contribution in [2.45, 2.75) is 32.2 Å². The molecule has 1 atom stereocenters. The van der Waals surface area contributed by atoms with Gasteiger partial charge in [0.1, 0.15) is 6.04 Å². The zero-order valence-electron chi connectivity index (χ0n) is 15.6. The summed E-state index contributed by atoms with van der Waals surface area (Å²) in [6.45, 7) is 2.75. The summed E-state index contributed by atoms with van der Waals surface area (Å²) in [6.07, 6.45) is 2.65. The molecule has 2 amide bonds. The van der Waals surface area contributed by atoms with Gasteiger partial charge in [-0.15, -0.1) is 0 Å². The molecule has 1 aromatic heterocycles. The minimum Gasteiger partial charge on any atom is -0.337 e. The van der Waals surface area contributed by atoms with Crippen molar-refractivity contribution >= 4 is 23.3 Å². The zero-order valence-corrected chi connectivity index (χ0v) is 16.3. The predicted molar refractivity (Wildman–Crippen MR) is 108 cm³/mol. The smallest absolute Gasteiger partial charge is 0.322 e. The third-order valence-electron chi connectivity index (χ3n) is 4.94. The van der Waals surface area contributed by atoms with Gasteiger partial charge in [-0.25, -0.2) is 4.79 Å². The SMILES string of the molecule is CCc1ccc(NC(=O)N2CCC[C@@H]2c2nc(-c3cccc(Cl)c3)no2)cc1. The zero-order chi connectivity index (χ0) is 19.5. The molecule has 1 N–H and O–H groups in total. The van der Waals surface area contributed by atoms with Crippen LogP contribution in [0.3, 0.4) is 0 Å². The number of carbonyl (C=O) groups is 1. The Morgan fingerprint density at radius 3 is 2.86 bits per heavy atom. The summed E-state index contributed by atoms with van der Waals surface area (Å²) < 4.78 is 5.48. The molecule has 0 saturated carbocycles. The first kappa shape index (κ1) is 18.5. The molecule has 28 heavy (non-hydrogen) atoms. The van der Waals surface area contributed by atoms with Gasteiger partial charge < -0.3 is 14.7 Å². The number of urea groups is 1. The van der Waals surface area contributed by atoms with Gasteiger partial charge in [0.25, 0.3) is 0 Å². The number of hydrogen-bond donors (Lipinski definition) is 1. The highest BCUT2D eigenvalue weighted by molar-refractivity contribution is 6.30. The molecule has 1 aliphatic heterocycles. The van der Waals surface area contributed by atoms with Gasteiger partial charge in [0.15, 0.2) is 0 Å². The maximum Gasteiger partial charge on any atom is 0.322 e. The lowest BCUT2D eigenvalue weighted by Gasteiger charge is -2.22. The van der Waals surface area contributed by atoms with Crippen molar-refractivity contribution in [2.75, 3.05) is 11.9 Å². The number of rotatable bonds is 4. The molecule has 0 bridgehead atoms. The summed E-state index contributed by atoms with van der Waals surface area (Å²) in [4.78, 5) is 19.0. The molecule has 1 aliphatic rings. The van der Waals surface area contributed by atoms with E-state index in [1.165, 1.54) is 5.56 Å². The molecular formula is C21H21ClN4O2. The first-order valence-electron chi connectivity index (χ1n) is 9.40. The number of likely N-dealkylation sites (tertiary alicyclic amines) is 1. The second-order valence-electron chi connectivity index (χ2n) is 6.80. The van der Waals surface area contributed by atoms with Crippen LogP contribution in [0.1, 0.15) is 37.3 Å². The third-order valence-corrected chi connectivity index (χ3v) is 5.17. The number of halogens is 1. The molecule has 1 saturated heterocycles. The van der Waals surface area contributed by atoms with Crippen molar-refractivity contribution in [3.63, 3.8) is 0 Å². The van der Waals surface area contributed by atoms with E-state index in [-0.39, 0.29) is 12.1 Å². The normalized spacial score (nSPS) is 16.4. The Bertz CT molecular complexity index is 971. The number of hydrogen-bond acceptors (Lipinski definition) is 4. The molecule has 0 aliphatic carbocycles. The van der Waals surface area contributed by atoms with Crippen LogP contribution in [-0.4, -0.2) is 27.6 Å².